The minimum atomic E-state index is -1.59. The van der Waals surface area contributed by atoms with Crippen LogP contribution in [0.25, 0.3) is 28.1 Å². The summed E-state index contributed by atoms with van der Waals surface area (Å²) in [5, 5.41) is 1.07. The fourth-order valence-electron chi connectivity index (χ4n) is 4.92. The van der Waals surface area contributed by atoms with E-state index in [1.54, 1.807) is 12.1 Å². The normalized spacial score (nSPS) is 14.7. The second kappa shape index (κ2) is 12.7. The summed E-state index contributed by atoms with van der Waals surface area (Å²) in [5.41, 5.74) is 6.34. The summed E-state index contributed by atoms with van der Waals surface area (Å²) in [6, 6.07) is 29.5. The Balaban J connectivity index is 1.31. The summed E-state index contributed by atoms with van der Waals surface area (Å²) in [6.45, 7) is 2.83. The van der Waals surface area contributed by atoms with Crippen molar-refractivity contribution in [3.8, 4) is 33.8 Å². The van der Waals surface area contributed by atoms with Crippen LogP contribution >= 0.6 is 23.2 Å². The van der Waals surface area contributed by atoms with E-state index in [2.05, 4.69) is 48.0 Å². The molecule has 5 aromatic rings. The molecular weight excluding hydrogens is 603 g/mol. The average molecular weight is 632 g/mol. The minimum Gasteiger partial charge on any atom is -0.568 e. The Hall–Kier alpha value is -3.95. The Bertz CT molecular complexity index is 1760. The van der Waals surface area contributed by atoms with Gasteiger partial charge < -0.3 is 13.9 Å². The van der Waals surface area contributed by atoms with E-state index in [0.29, 0.717) is 28.8 Å². The van der Waals surface area contributed by atoms with Crippen molar-refractivity contribution in [3.05, 3.63) is 119 Å². The molecule has 1 aliphatic rings. The van der Waals surface area contributed by atoms with Crippen LogP contribution in [0, 0.1) is 0 Å². The van der Waals surface area contributed by atoms with Crippen LogP contribution in [-0.2, 0) is 22.8 Å². The van der Waals surface area contributed by atoms with Gasteiger partial charge in [0.05, 0.1) is 23.0 Å². The molecule has 218 valence electrons. The molecule has 1 amide bonds. The predicted octanol–water partition coefficient (Wildman–Crippen LogP) is 7.41. The van der Waals surface area contributed by atoms with Crippen LogP contribution in [0.5, 0.6) is 5.75 Å². The fourth-order valence-corrected chi connectivity index (χ4v) is 6.34. The van der Waals surface area contributed by atoms with Gasteiger partial charge in [-0.05, 0) is 77.7 Å². The van der Waals surface area contributed by atoms with Gasteiger partial charge >= 0.3 is 0 Å². The molecule has 7 nitrogen and oxygen atoms in total. The number of carbonyl (C=O) groups is 1. The largest absolute Gasteiger partial charge is 0.568 e. The molecule has 0 bridgehead atoms. The van der Waals surface area contributed by atoms with Crippen molar-refractivity contribution in [2.24, 2.45) is 0 Å². The number of nitrogens with one attached hydrogen (secondary N) is 1. The van der Waals surface area contributed by atoms with E-state index in [0.717, 1.165) is 51.6 Å². The lowest BCUT2D eigenvalue weighted by Gasteiger charge is -2.16. The standard InChI is InChI=1S/C33H28Cl2N4O3S/c1-2-16-42-28-5-3-4-24(18-28)23-8-6-22(7-9-23)17-32-36-31(29-15-10-25(34)19-30(29)35)20-38(32)26-11-13-27(14-12-26)39-21-33(40)37-43(39)41/h3-15,18-20H,2,16-17,21H2,1H3,(H,37,40). The molecule has 6 rings (SSSR count). The van der Waals surface area contributed by atoms with E-state index in [1.807, 2.05) is 53.2 Å². The Kier molecular flexibility index (Phi) is 8.63. The van der Waals surface area contributed by atoms with Gasteiger partial charge in [-0.3, -0.25) is 4.79 Å². The number of halogens is 2. The average Bonchev–Trinajstić information content (AvgIpc) is 3.58. The third-order valence-corrected chi connectivity index (χ3v) is 8.74. The van der Waals surface area contributed by atoms with Crippen LogP contribution in [0.2, 0.25) is 10.0 Å². The van der Waals surface area contributed by atoms with Crippen molar-refractivity contribution in [1.29, 1.82) is 0 Å². The highest BCUT2D eigenvalue weighted by Gasteiger charge is 2.33. The number of nitrogens with zero attached hydrogens (tertiary/aromatic N) is 3. The molecule has 10 heteroatoms. The third kappa shape index (κ3) is 6.53. The minimum absolute atomic E-state index is 0.0492. The first-order chi connectivity index (χ1) is 20.9. The number of benzene rings is 4. The highest BCUT2D eigenvalue weighted by atomic mass is 35.5. The molecule has 0 spiro atoms. The summed E-state index contributed by atoms with van der Waals surface area (Å²) >= 11 is 11.1. The summed E-state index contributed by atoms with van der Waals surface area (Å²) < 4.78 is 24.0. The number of aromatic nitrogens is 2. The number of hydrogen-bond donors (Lipinski definition) is 1. The molecule has 0 saturated carbocycles. The summed E-state index contributed by atoms with van der Waals surface area (Å²) in [7, 11) is 0. The molecule has 1 atom stereocenters. The lowest BCUT2D eigenvalue weighted by Crippen LogP contribution is -2.29. The van der Waals surface area contributed by atoms with Crippen molar-refractivity contribution in [2.75, 3.05) is 17.5 Å². The zero-order chi connectivity index (χ0) is 29.9. The molecule has 1 aliphatic heterocycles. The molecule has 1 unspecified atom stereocenters. The van der Waals surface area contributed by atoms with Crippen LogP contribution in [0.4, 0.5) is 5.69 Å². The number of amides is 1. The van der Waals surface area contributed by atoms with Crippen LogP contribution in [0.15, 0.2) is 97.2 Å². The molecule has 43 heavy (non-hydrogen) atoms. The fraction of sp³-hybridized carbons (Fsp3) is 0.152. The zero-order valence-corrected chi connectivity index (χ0v) is 25.6. The number of hydrogen-bond acceptors (Lipinski definition) is 5. The van der Waals surface area contributed by atoms with Gasteiger partial charge in [0.25, 0.3) is 5.91 Å². The van der Waals surface area contributed by atoms with Crippen molar-refractivity contribution in [3.63, 3.8) is 0 Å². The number of rotatable bonds is 9. The van der Waals surface area contributed by atoms with Crippen molar-refractivity contribution in [2.45, 2.75) is 19.8 Å². The predicted molar refractivity (Wildman–Crippen MR) is 173 cm³/mol. The van der Waals surface area contributed by atoms with Gasteiger partial charge in [-0.25, -0.2) is 4.98 Å². The first-order valence-electron chi connectivity index (χ1n) is 13.8. The maximum absolute atomic E-state index is 12.2. The first-order valence-corrected chi connectivity index (χ1v) is 15.7. The Labute approximate surface area is 263 Å². The smallest absolute Gasteiger partial charge is 0.287 e. The van der Waals surface area contributed by atoms with Gasteiger partial charge in [0.15, 0.2) is 18.1 Å². The van der Waals surface area contributed by atoms with Crippen molar-refractivity contribution in [1.82, 2.24) is 14.3 Å². The lowest BCUT2D eigenvalue weighted by atomic mass is 10.0. The van der Waals surface area contributed by atoms with Crippen LogP contribution in [0.1, 0.15) is 24.7 Å². The van der Waals surface area contributed by atoms with Gasteiger partial charge in [-0.15, -0.1) is 4.72 Å². The second-order valence-corrected chi connectivity index (χ2v) is 12.1. The van der Waals surface area contributed by atoms with E-state index in [4.69, 9.17) is 32.9 Å². The highest BCUT2D eigenvalue weighted by Crippen LogP contribution is 2.32. The lowest BCUT2D eigenvalue weighted by molar-refractivity contribution is -0.117. The third-order valence-electron chi connectivity index (χ3n) is 7.05. The van der Waals surface area contributed by atoms with Gasteiger partial charge in [-0.1, -0.05) is 66.5 Å². The zero-order valence-electron chi connectivity index (χ0n) is 23.3. The van der Waals surface area contributed by atoms with Gasteiger partial charge in [-0.2, -0.15) is 4.31 Å². The molecular formula is C33H28Cl2N4O3S. The number of anilines is 1. The number of carbonyl (C=O) groups excluding carboxylic acids is 1. The van der Waals surface area contributed by atoms with Crippen molar-refractivity contribution >= 4 is 46.3 Å². The molecule has 1 aromatic heterocycles. The number of ether oxygens (including phenoxy) is 1. The van der Waals surface area contributed by atoms with Crippen LogP contribution in [0.3, 0.4) is 0 Å². The topological polar surface area (TPSA) is 82.5 Å². The van der Waals surface area contributed by atoms with E-state index >= 15 is 0 Å². The molecule has 0 aliphatic carbocycles. The van der Waals surface area contributed by atoms with Crippen LogP contribution < -0.4 is 13.8 Å². The summed E-state index contributed by atoms with van der Waals surface area (Å²) in [5.74, 6) is 1.41. The molecule has 1 saturated heterocycles. The molecule has 4 aromatic carbocycles. The van der Waals surface area contributed by atoms with E-state index in [1.165, 1.54) is 4.31 Å². The SMILES string of the molecule is CCCOc1cccc(-c2ccc(Cc3nc(-c4ccc(Cl)cc4Cl)cn3-c3ccc(N4CC(=O)N[S+]4[O-])cc3)cc2)c1. The maximum atomic E-state index is 12.2. The number of imidazole rings is 1. The molecule has 2 heterocycles. The van der Waals surface area contributed by atoms with E-state index in [-0.39, 0.29) is 12.5 Å². The monoisotopic (exact) mass is 630 g/mol. The first kappa shape index (κ1) is 29.1. The Morgan fingerprint density at radius 3 is 2.42 bits per heavy atom. The Morgan fingerprint density at radius 1 is 0.953 bits per heavy atom. The summed E-state index contributed by atoms with van der Waals surface area (Å²) in [4.78, 5) is 16.7. The van der Waals surface area contributed by atoms with Crippen molar-refractivity contribution < 1.29 is 14.1 Å². The van der Waals surface area contributed by atoms with Crippen LogP contribution in [-0.4, -0.2) is 33.2 Å². The van der Waals surface area contributed by atoms with Gasteiger partial charge in [0.2, 0.25) is 0 Å². The maximum Gasteiger partial charge on any atom is 0.287 e. The molecule has 0 radical (unpaired) electrons. The quantitative estimate of drug-likeness (QED) is 0.172. The van der Waals surface area contributed by atoms with E-state index in [9.17, 15) is 9.35 Å². The highest BCUT2D eigenvalue weighted by molar-refractivity contribution is 7.92. The molecule has 1 N–H and O–H groups in total. The second-order valence-electron chi connectivity index (χ2n) is 10.1. The van der Waals surface area contributed by atoms with Gasteiger partial charge in [0.1, 0.15) is 11.6 Å². The summed E-state index contributed by atoms with van der Waals surface area (Å²) in [6.07, 6.45) is 3.48. The van der Waals surface area contributed by atoms with E-state index < -0.39 is 11.5 Å². The Morgan fingerprint density at radius 2 is 1.72 bits per heavy atom. The van der Waals surface area contributed by atoms with Gasteiger partial charge in [0, 0.05) is 28.9 Å². The molecule has 1 fully saturated rings.